The van der Waals surface area contributed by atoms with Crippen LogP contribution in [0.5, 0.6) is 0 Å². The number of carbonyl (C=O) groups is 1. The summed E-state index contributed by atoms with van der Waals surface area (Å²) < 4.78 is 3.59. The topological polar surface area (TPSA) is 95.3 Å². The maximum atomic E-state index is 13.7. The van der Waals surface area contributed by atoms with E-state index < -0.39 is 0 Å². The number of aromatic nitrogens is 5. The minimum Gasteiger partial charge on any atom is -0.355 e. The Balaban J connectivity index is 1.34. The van der Waals surface area contributed by atoms with Crippen molar-refractivity contribution in [2.24, 2.45) is 13.0 Å². The normalized spacial score (nSPS) is 20.6. The van der Waals surface area contributed by atoms with Gasteiger partial charge < -0.3 is 9.80 Å². The fraction of sp³-hybridized carbons (Fsp3) is 0.423. The maximum Gasteiger partial charge on any atom is 0.275 e. The smallest absolute Gasteiger partial charge is 0.275 e. The minimum absolute atomic E-state index is 0.0482. The van der Waals surface area contributed by atoms with E-state index in [2.05, 4.69) is 16.1 Å². The van der Waals surface area contributed by atoms with E-state index in [4.69, 9.17) is 10.1 Å². The first-order valence-electron chi connectivity index (χ1n) is 12.3. The van der Waals surface area contributed by atoms with Crippen molar-refractivity contribution in [2.75, 3.05) is 24.5 Å². The molecule has 9 heteroatoms. The van der Waals surface area contributed by atoms with Crippen molar-refractivity contribution in [1.82, 2.24) is 29.3 Å². The summed E-state index contributed by atoms with van der Waals surface area (Å²) in [6.07, 6.45) is 5.75. The first-order chi connectivity index (χ1) is 17.0. The molecule has 0 radical (unpaired) electrons. The highest BCUT2D eigenvalue weighted by Gasteiger charge is 2.33. The van der Waals surface area contributed by atoms with Gasteiger partial charge in [0.15, 0.2) is 11.3 Å². The SMILES string of the molecule is Cc1cn2nc([C@@H]3CCCCN3C(=O)c3nn(C)c4ccccc34)cc2nc1N1CCC(C#N)C1. The van der Waals surface area contributed by atoms with Crippen molar-refractivity contribution in [3.05, 3.63) is 53.5 Å². The van der Waals surface area contributed by atoms with Crippen LogP contribution in [0.2, 0.25) is 0 Å². The molecule has 2 atom stereocenters. The highest BCUT2D eigenvalue weighted by Crippen LogP contribution is 2.34. The third kappa shape index (κ3) is 3.60. The van der Waals surface area contributed by atoms with Crippen LogP contribution in [-0.4, -0.2) is 54.8 Å². The molecular formula is C26H28N8O. The Hall–Kier alpha value is -3.93. The Morgan fingerprint density at radius 2 is 2.00 bits per heavy atom. The van der Waals surface area contributed by atoms with E-state index in [1.165, 1.54) is 0 Å². The predicted octanol–water partition coefficient (Wildman–Crippen LogP) is 3.64. The van der Waals surface area contributed by atoms with Gasteiger partial charge in [0, 0.05) is 49.9 Å². The number of hydrogen-bond donors (Lipinski definition) is 0. The van der Waals surface area contributed by atoms with E-state index in [-0.39, 0.29) is 17.9 Å². The molecular weight excluding hydrogens is 440 g/mol. The molecule has 3 aromatic heterocycles. The molecule has 0 bridgehead atoms. The van der Waals surface area contributed by atoms with Crippen LogP contribution in [0.25, 0.3) is 16.6 Å². The number of rotatable bonds is 3. The molecule has 2 aliphatic rings. The van der Waals surface area contributed by atoms with Crippen LogP contribution in [0, 0.1) is 24.2 Å². The van der Waals surface area contributed by atoms with Crippen molar-refractivity contribution < 1.29 is 4.79 Å². The Kier molecular flexibility index (Phi) is 5.17. The van der Waals surface area contributed by atoms with Gasteiger partial charge in [-0.05, 0) is 38.7 Å². The molecule has 4 aromatic rings. The van der Waals surface area contributed by atoms with Crippen LogP contribution in [0.3, 0.4) is 0 Å². The van der Waals surface area contributed by atoms with Crippen LogP contribution in [0.4, 0.5) is 5.82 Å². The zero-order valence-corrected chi connectivity index (χ0v) is 20.1. The second kappa shape index (κ2) is 8.38. The predicted molar refractivity (Wildman–Crippen MR) is 132 cm³/mol. The van der Waals surface area contributed by atoms with Crippen LogP contribution >= 0.6 is 0 Å². The van der Waals surface area contributed by atoms with E-state index in [0.717, 1.165) is 65.9 Å². The molecule has 0 saturated carbocycles. The number of nitriles is 1. The van der Waals surface area contributed by atoms with Gasteiger partial charge in [0.2, 0.25) is 0 Å². The maximum absolute atomic E-state index is 13.7. The Morgan fingerprint density at radius 1 is 1.14 bits per heavy atom. The zero-order valence-electron chi connectivity index (χ0n) is 20.1. The quantitative estimate of drug-likeness (QED) is 0.456. The van der Waals surface area contributed by atoms with E-state index in [1.807, 2.05) is 59.9 Å². The molecule has 178 valence electrons. The number of carbonyl (C=O) groups excluding carboxylic acids is 1. The monoisotopic (exact) mass is 468 g/mol. The number of piperidine rings is 1. The van der Waals surface area contributed by atoms with Gasteiger partial charge >= 0.3 is 0 Å². The first kappa shape index (κ1) is 21.6. The van der Waals surface area contributed by atoms with Gasteiger partial charge in [-0.1, -0.05) is 18.2 Å². The van der Waals surface area contributed by atoms with Gasteiger partial charge in [0.25, 0.3) is 5.91 Å². The van der Waals surface area contributed by atoms with Crippen molar-refractivity contribution in [2.45, 2.75) is 38.6 Å². The fourth-order valence-corrected chi connectivity index (χ4v) is 5.55. The Morgan fingerprint density at radius 3 is 2.83 bits per heavy atom. The van der Waals surface area contributed by atoms with E-state index >= 15 is 0 Å². The summed E-state index contributed by atoms with van der Waals surface area (Å²) >= 11 is 0. The average molecular weight is 469 g/mol. The summed E-state index contributed by atoms with van der Waals surface area (Å²) in [5.74, 6) is 0.920. The summed E-state index contributed by atoms with van der Waals surface area (Å²) in [5.41, 5.74) is 4.10. The summed E-state index contributed by atoms with van der Waals surface area (Å²) in [7, 11) is 1.87. The largest absolute Gasteiger partial charge is 0.355 e. The van der Waals surface area contributed by atoms with E-state index in [9.17, 15) is 10.1 Å². The van der Waals surface area contributed by atoms with Crippen molar-refractivity contribution in [1.29, 1.82) is 5.26 Å². The van der Waals surface area contributed by atoms with Gasteiger partial charge in [0.05, 0.1) is 29.2 Å². The second-order valence-electron chi connectivity index (χ2n) is 9.68. The summed E-state index contributed by atoms with van der Waals surface area (Å²) in [6.45, 7) is 4.27. The number of anilines is 1. The molecule has 2 fully saturated rings. The number of likely N-dealkylation sites (tertiary alicyclic amines) is 1. The van der Waals surface area contributed by atoms with Gasteiger partial charge in [-0.25, -0.2) is 9.50 Å². The molecule has 2 aliphatic heterocycles. The number of amides is 1. The number of para-hydroxylation sites is 1. The van der Waals surface area contributed by atoms with Crippen molar-refractivity contribution >= 4 is 28.3 Å². The lowest BCUT2D eigenvalue weighted by Crippen LogP contribution is -2.39. The summed E-state index contributed by atoms with van der Waals surface area (Å²) in [4.78, 5) is 22.8. The zero-order chi connectivity index (χ0) is 24.1. The fourth-order valence-electron chi connectivity index (χ4n) is 5.55. The molecule has 2 saturated heterocycles. The Bertz CT molecular complexity index is 1480. The molecule has 1 amide bonds. The highest BCUT2D eigenvalue weighted by atomic mass is 16.2. The average Bonchev–Trinajstić information content (AvgIpc) is 3.60. The molecule has 5 heterocycles. The lowest BCUT2D eigenvalue weighted by molar-refractivity contribution is 0.0600. The number of benzene rings is 1. The number of aryl methyl sites for hydroxylation is 2. The summed E-state index contributed by atoms with van der Waals surface area (Å²) in [6, 6.07) is 12.1. The van der Waals surface area contributed by atoms with Gasteiger partial charge in [0.1, 0.15) is 5.82 Å². The molecule has 9 nitrogen and oxygen atoms in total. The number of nitrogens with zero attached hydrogens (tertiary/aromatic N) is 8. The van der Waals surface area contributed by atoms with Crippen molar-refractivity contribution in [3.8, 4) is 6.07 Å². The first-order valence-corrected chi connectivity index (χ1v) is 12.3. The lowest BCUT2D eigenvalue weighted by atomic mass is 9.98. The number of fused-ring (bicyclic) bond motifs is 2. The highest BCUT2D eigenvalue weighted by molar-refractivity contribution is 6.05. The van der Waals surface area contributed by atoms with Crippen LogP contribution in [0.1, 0.15) is 53.5 Å². The molecule has 0 aliphatic carbocycles. The van der Waals surface area contributed by atoms with Crippen LogP contribution < -0.4 is 4.90 Å². The molecule has 35 heavy (non-hydrogen) atoms. The third-order valence-corrected chi connectivity index (χ3v) is 7.36. The van der Waals surface area contributed by atoms with E-state index in [0.29, 0.717) is 18.8 Å². The van der Waals surface area contributed by atoms with Gasteiger partial charge in [-0.3, -0.25) is 9.48 Å². The third-order valence-electron chi connectivity index (χ3n) is 7.36. The lowest BCUT2D eigenvalue weighted by Gasteiger charge is -2.34. The molecule has 0 N–H and O–H groups in total. The van der Waals surface area contributed by atoms with Crippen LogP contribution in [0.15, 0.2) is 36.5 Å². The molecule has 0 spiro atoms. The standard InChI is InChI=1S/C26H28N8O/c1-17-15-34-23(28-25(17)32-12-10-18(14-27)16-32)13-20(29-34)22-9-5-6-11-33(22)26(35)24-19-7-3-4-8-21(19)31(2)30-24/h3-4,7-8,13,15,18,22H,5-6,9-12,16H2,1-2H3/t18?,22-/m0/s1. The van der Waals surface area contributed by atoms with Gasteiger partial charge in [-0.15, -0.1) is 0 Å². The molecule has 1 aromatic carbocycles. The number of hydrogen-bond acceptors (Lipinski definition) is 6. The second-order valence-corrected chi connectivity index (χ2v) is 9.68. The van der Waals surface area contributed by atoms with Crippen molar-refractivity contribution in [3.63, 3.8) is 0 Å². The molecule has 1 unspecified atom stereocenters. The summed E-state index contributed by atoms with van der Waals surface area (Å²) in [5, 5.41) is 19.6. The van der Waals surface area contributed by atoms with Gasteiger partial charge in [-0.2, -0.15) is 15.5 Å². The minimum atomic E-state index is -0.114. The van der Waals surface area contributed by atoms with E-state index in [1.54, 1.807) is 4.68 Å². The molecule has 6 rings (SSSR count). The van der Waals surface area contributed by atoms with Crippen LogP contribution in [-0.2, 0) is 7.05 Å². The Labute approximate surface area is 203 Å².